The fourth-order valence-electron chi connectivity index (χ4n) is 1.70. The molecule has 13 heavy (non-hydrogen) atoms. The maximum Gasteiger partial charge on any atom is 0.124 e. The van der Waals surface area contributed by atoms with E-state index in [1.807, 2.05) is 6.07 Å². The van der Waals surface area contributed by atoms with Crippen LogP contribution in [-0.2, 0) is 0 Å². The van der Waals surface area contributed by atoms with Crippen LogP contribution in [-0.4, -0.2) is 13.1 Å². The predicted octanol–water partition coefficient (Wildman–Crippen LogP) is 3.03. The summed E-state index contributed by atoms with van der Waals surface area (Å²) in [6.07, 6.45) is 2.51. The molecule has 0 atom stereocenters. The molecule has 1 aromatic rings. The van der Waals surface area contributed by atoms with Gasteiger partial charge >= 0.3 is 0 Å². The smallest absolute Gasteiger partial charge is 0.124 e. The van der Waals surface area contributed by atoms with Crippen LogP contribution in [0.1, 0.15) is 12.8 Å². The molecule has 0 N–H and O–H groups in total. The van der Waals surface area contributed by atoms with Gasteiger partial charge in [-0.1, -0.05) is 0 Å². The Morgan fingerprint density at radius 3 is 2.54 bits per heavy atom. The molecule has 1 aliphatic rings. The Morgan fingerprint density at radius 1 is 1.23 bits per heavy atom. The van der Waals surface area contributed by atoms with Crippen molar-refractivity contribution in [3.05, 3.63) is 27.6 Å². The largest absolute Gasteiger partial charge is 0.371 e. The fraction of sp³-hybridized carbons (Fsp3) is 0.400. The molecule has 1 saturated heterocycles. The van der Waals surface area contributed by atoms with Crippen molar-refractivity contribution in [1.29, 1.82) is 0 Å². The first kappa shape index (κ1) is 9.24. The molecule has 0 aromatic heterocycles. The van der Waals surface area contributed by atoms with Crippen molar-refractivity contribution in [3.8, 4) is 0 Å². The minimum absolute atomic E-state index is 0.146. The van der Waals surface area contributed by atoms with Gasteiger partial charge in [0.15, 0.2) is 0 Å². The summed E-state index contributed by atoms with van der Waals surface area (Å²) in [5, 5.41) is 0. The van der Waals surface area contributed by atoms with Crippen LogP contribution in [0.15, 0.2) is 18.2 Å². The van der Waals surface area contributed by atoms with Crippen molar-refractivity contribution in [3.63, 3.8) is 0 Å². The van der Waals surface area contributed by atoms with Crippen LogP contribution in [0.2, 0.25) is 0 Å². The number of anilines is 1. The summed E-state index contributed by atoms with van der Waals surface area (Å²) in [4.78, 5) is 2.32. The van der Waals surface area contributed by atoms with E-state index in [4.69, 9.17) is 0 Å². The van der Waals surface area contributed by atoms with Crippen LogP contribution in [0.25, 0.3) is 0 Å². The van der Waals surface area contributed by atoms with Gasteiger partial charge in [-0.3, -0.25) is 0 Å². The molecule has 70 valence electrons. The summed E-state index contributed by atoms with van der Waals surface area (Å²) in [7, 11) is 0. The molecule has 1 heterocycles. The Hall–Kier alpha value is -0.320. The third kappa shape index (κ3) is 1.95. The Labute approximate surface area is 91.1 Å². The molecule has 0 saturated carbocycles. The molecule has 2 rings (SSSR count). The monoisotopic (exact) mass is 291 g/mol. The van der Waals surface area contributed by atoms with Gasteiger partial charge in [-0.2, -0.15) is 0 Å². The average Bonchev–Trinajstić information content (AvgIpc) is 2.56. The van der Waals surface area contributed by atoms with E-state index in [9.17, 15) is 4.39 Å². The maximum absolute atomic E-state index is 12.8. The highest BCUT2D eigenvalue weighted by Gasteiger charge is 2.14. The van der Waals surface area contributed by atoms with Crippen molar-refractivity contribution in [2.75, 3.05) is 18.0 Å². The zero-order chi connectivity index (χ0) is 9.26. The fourth-order valence-corrected chi connectivity index (χ4v) is 2.51. The Bertz CT molecular complexity index is 308. The zero-order valence-electron chi connectivity index (χ0n) is 7.26. The van der Waals surface area contributed by atoms with Gasteiger partial charge in [0.25, 0.3) is 0 Å². The van der Waals surface area contributed by atoms with Gasteiger partial charge in [-0.25, -0.2) is 4.39 Å². The number of halogens is 2. The molecule has 0 amide bonds. The summed E-state index contributed by atoms with van der Waals surface area (Å²) in [6.45, 7) is 2.23. The van der Waals surface area contributed by atoms with Crippen LogP contribution < -0.4 is 4.90 Å². The minimum atomic E-state index is -0.146. The summed E-state index contributed by atoms with van der Waals surface area (Å²) in [5.74, 6) is -0.146. The number of hydrogen-bond donors (Lipinski definition) is 0. The second kappa shape index (κ2) is 3.82. The molecular weight excluding hydrogens is 280 g/mol. The summed E-state index contributed by atoms with van der Waals surface area (Å²) in [5.41, 5.74) is 1.18. The lowest BCUT2D eigenvalue weighted by Gasteiger charge is -2.18. The number of benzene rings is 1. The quantitative estimate of drug-likeness (QED) is 0.719. The molecule has 1 nitrogen and oxygen atoms in total. The average molecular weight is 291 g/mol. The van der Waals surface area contributed by atoms with E-state index in [1.165, 1.54) is 24.6 Å². The second-order valence-electron chi connectivity index (χ2n) is 3.29. The van der Waals surface area contributed by atoms with Crippen LogP contribution in [0.4, 0.5) is 10.1 Å². The van der Waals surface area contributed by atoms with Crippen LogP contribution >= 0.6 is 22.6 Å². The molecule has 3 heteroatoms. The van der Waals surface area contributed by atoms with E-state index < -0.39 is 0 Å². The van der Waals surface area contributed by atoms with Crippen LogP contribution in [0.3, 0.4) is 0 Å². The molecule has 0 radical (unpaired) electrons. The number of rotatable bonds is 1. The lowest BCUT2D eigenvalue weighted by molar-refractivity contribution is 0.626. The van der Waals surface area contributed by atoms with Crippen molar-refractivity contribution in [2.24, 2.45) is 0 Å². The molecule has 1 aliphatic heterocycles. The highest BCUT2D eigenvalue weighted by atomic mass is 127. The maximum atomic E-state index is 12.8. The first-order valence-electron chi connectivity index (χ1n) is 4.47. The molecule has 0 bridgehead atoms. The highest BCUT2D eigenvalue weighted by molar-refractivity contribution is 14.1. The van der Waals surface area contributed by atoms with Gasteiger partial charge in [0.1, 0.15) is 5.82 Å². The van der Waals surface area contributed by atoms with Gasteiger partial charge in [0, 0.05) is 16.7 Å². The van der Waals surface area contributed by atoms with E-state index in [-0.39, 0.29) is 5.82 Å². The Kier molecular flexibility index (Phi) is 2.71. The SMILES string of the molecule is Fc1ccc(N2CCCC2)c(I)c1. The van der Waals surface area contributed by atoms with Gasteiger partial charge < -0.3 is 4.90 Å². The van der Waals surface area contributed by atoms with Gasteiger partial charge in [-0.15, -0.1) is 0 Å². The first-order valence-corrected chi connectivity index (χ1v) is 5.55. The molecule has 0 unspecified atom stereocenters. The number of nitrogens with zero attached hydrogens (tertiary/aromatic N) is 1. The zero-order valence-corrected chi connectivity index (χ0v) is 9.42. The van der Waals surface area contributed by atoms with E-state index >= 15 is 0 Å². The predicted molar refractivity (Wildman–Crippen MR) is 60.6 cm³/mol. The molecule has 0 aliphatic carbocycles. The van der Waals surface area contributed by atoms with E-state index in [2.05, 4.69) is 27.5 Å². The van der Waals surface area contributed by atoms with Gasteiger partial charge in [0.05, 0.1) is 5.69 Å². The van der Waals surface area contributed by atoms with Gasteiger partial charge in [0.2, 0.25) is 0 Å². The van der Waals surface area contributed by atoms with E-state index in [1.54, 1.807) is 6.07 Å². The minimum Gasteiger partial charge on any atom is -0.371 e. The summed E-state index contributed by atoms with van der Waals surface area (Å²) < 4.78 is 13.8. The first-order chi connectivity index (χ1) is 6.27. The molecule has 1 fully saturated rings. The Balaban J connectivity index is 2.29. The molecule has 1 aromatic carbocycles. The highest BCUT2D eigenvalue weighted by Crippen LogP contribution is 2.26. The number of hydrogen-bond acceptors (Lipinski definition) is 1. The third-order valence-corrected chi connectivity index (χ3v) is 3.22. The molecular formula is C10H11FIN. The van der Waals surface area contributed by atoms with E-state index in [0.717, 1.165) is 16.7 Å². The van der Waals surface area contributed by atoms with Crippen molar-refractivity contribution < 1.29 is 4.39 Å². The third-order valence-electron chi connectivity index (χ3n) is 2.36. The van der Waals surface area contributed by atoms with Crippen LogP contribution in [0.5, 0.6) is 0 Å². The second-order valence-corrected chi connectivity index (χ2v) is 4.45. The van der Waals surface area contributed by atoms with Crippen LogP contribution in [0, 0.1) is 9.39 Å². The molecule has 0 spiro atoms. The standard InChI is InChI=1S/C10H11FIN/c11-8-3-4-10(9(12)7-8)13-5-1-2-6-13/h3-4,7H,1-2,5-6H2. The summed E-state index contributed by atoms with van der Waals surface area (Å²) >= 11 is 2.19. The lowest BCUT2D eigenvalue weighted by atomic mass is 10.3. The van der Waals surface area contributed by atoms with Gasteiger partial charge in [-0.05, 0) is 53.6 Å². The Morgan fingerprint density at radius 2 is 1.92 bits per heavy atom. The van der Waals surface area contributed by atoms with E-state index in [0.29, 0.717) is 0 Å². The van der Waals surface area contributed by atoms with Crippen molar-refractivity contribution in [1.82, 2.24) is 0 Å². The normalized spacial score (nSPS) is 16.6. The topological polar surface area (TPSA) is 3.24 Å². The van der Waals surface area contributed by atoms with Crippen molar-refractivity contribution >= 4 is 28.3 Å². The van der Waals surface area contributed by atoms with Crippen molar-refractivity contribution in [2.45, 2.75) is 12.8 Å². The lowest BCUT2D eigenvalue weighted by Crippen LogP contribution is -2.18. The summed E-state index contributed by atoms with van der Waals surface area (Å²) in [6, 6.07) is 5.01.